The Morgan fingerprint density at radius 2 is 2.16 bits per heavy atom. The fourth-order valence-corrected chi connectivity index (χ4v) is 3.36. The van der Waals surface area contributed by atoms with Gasteiger partial charge in [0, 0.05) is 51.3 Å². The van der Waals surface area contributed by atoms with Crippen molar-refractivity contribution < 1.29 is 4.79 Å². The SMILES string of the molecule is C#CCCC1(CCNC(=O)C2CCCN(Cc3ccncc3)C2)N=N1. The summed E-state index contributed by atoms with van der Waals surface area (Å²) in [5, 5.41) is 11.3. The summed E-state index contributed by atoms with van der Waals surface area (Å²) in [5.41, 5.74) is 0.919. The van der Waals surface area contributed by atoms with E-state index in [0.29, 0.717) is 13.0 Å². The number of hydrogen-bond acceptors (Lipinski definition) is 5. The molecule has 6 nitrogen and oxygen atoms in total. The zero-order valence-corrected chi connectivity index (χ0v) is 14.5. The highest BCUT2D eigenvalue weighted by molar-refractivity contribution is 5.78. The van der Waals surface area contributed by atoms with Gasteiger partial charge in [0.05, 0.1) is 5.92 Å². The van der Waals surface area contributed by atoms with Gasteiger partial charge in [-0.05, 0) is 37.1 Å². The van der Waals surface area contributed by atoms with E-state index in [2.05, 4.69) is 31.3 Å². The monoisotopic (exact) mass is 339 g/mol. The summed E-state index contributed by atoms with van der Waals surface area (Å²) in [6.45, 7) is 3.33. The van der Waals surface area contributed by atoms with Gasteiger partial charge < -0.3 is 5.32 Å². The lowest BCUT2D eigenvalue weighted by molar-refractivity contribution is -0.126. The van der Waals surface area contributed by atoms with E-state index in [1.807, 2.05) is 24.5 Å². The van der Waals surface area contributed by atoms with E-state index in [-0.39, 0.29) is 17.5 Å². The first-order chi connectivity index (χ1) is 12.2. The molecule has 25 heavy (non-hydrogen) atoms. The quantitative estimate of drug-likeness (QED) is 0.739. The molecular weight excluding hydrogens is 314 g/mol. The van der Waals surface area contributed by atoms with Gasteiger partial charge in [-0.25, -0.2) is 0 Å². The maximum atomic E-state index is 12.5. The molecule has 2 aliphatic rings. The number of likely N-dealkylation sites (tertiary alicyclic amines) is 1. The van der Waals surface area contributed by atoms with E-state index >= 15 is 0 Å². The second-order valence-corrected chi connectivity index (χ2v) is 6.86. The number of pyridine rings is 1. The molecular formula is C19H25N5O. The van der Waals surface area contributed by atoms with Crippen LogP contribution in [-0.4, -0.2) is 41.1 Å². The molecule has 0 spiro atoms. The van der Waals surface area contributed by atoms with Gasteiger partial charge in [0.2, 0.25) is 5.91 Å². The Bertz CT molecular complexity index is 646. The third-order valence-corrected chi connectivity index (χ3v) is 4.91. The number of nitrogens with one attached hydrogen (secondary N) is 1. The number of amides is 1. The lowest BCUT2D eigenvalue weighted by Crippen LogP contribution is -2.43. The van der Waals surface area contributed by atoms with Gasteiger partial charge in [0.1, 0.15) is 0 Å². The highest BCUT2D eigenvalue weighted by atomic mass is 16.1. The zero-order chi connectivity index (χ0) is 17.5. The number of rotatable bonds is 8. The molecule has 1 atom stereocenters. The molecule has 1 N–H and O–H groups in total. The second kappa shape index (κ2) is 8.21. The molecule has 1 aromatic heterocycles. The lowest BCUT2D eigenvalue weighted by Gasteiger charge is -2.32. The molecule has 0 saturated carbocycles. The Balaban J connectivity index is 1.40. The van der Waals surface area contributed by atoms with Gasteiger partial charge in [0.25, 0.3) is 0 Å². The average molecular weight is 339 g/mol. The Morgan fingerprint density at radius 3 is 2.88 bits per heavy atom. The molecule has 2 aliphatic heterocycles. The minimum atomic E-state index is -0.320. The van der Waals surface area contributed by atoms with Gasteiger partial charge in [0.15, 0.2) is 5.66 Å². The van der Waals surface area contributed by atoms with Crippen LogP contribution in [0.5, 0.6) is 0 Å². The van der Waals surface area contributed by atoms with Crippen LogP contribution in [0.1, 0.15) is 37.7 Å². The van der Waals surface area contributed by atoms with Gasteiger partial charge >= 0.3 is 0 Å². The normalized spacial score (nSPS) is 21.5. The van der Waals surface area contributed by atoms with Crippen molar-refractivity contribution in [3.63, 3.8) is 0 Å². The van der Waals surface area contributed by atoms with Crippen molar-refractivity contribution >= 4 is 5.91 Å². The van der Waals surface area contributed by atoms with Crippen molar-refractivity contribution in [2.45, 2.75) is 44.3 Å². The third-order valence-electron chi connectivity index (χ3n) is 4.91. The standard InChI is InChI=1S/C19H25N5O/c1-2-3-8-19(22-23-19)9-12-21-18(25)17-5-4-13-24(15-17)14-16-6-10-20-11-7-16/h1,6-7,10-11,17H,3-5,8-9,12-15H2,(H,21,25). The van der Waals surface area contributed by atoms with Crippen molar-refractivity contribution in [1.82, 2.24) is 15.2 Å². The molecule has 1 unspecified atom stereocenters. The number of carbonyl (C=O) groups excluding carboxylic acids is 1. The summed E-state index contributed by atoms with van der Waals surface area (Å²) in [6, 6.07) is 4.06. The van der Waals surface area contributed by atoms with Gasteiger partial charge in [-0.3, -0.25) is 14.7 Å². The predicted octanol–water partition coefficient (Wildman–Crippen LogP) is 2.38. The highest BCUT2D eigenvalue weighted by Crippen LogP contribution is 2.36. The van der Waals surface area contributed by atoms with Crippen LogP contribution < -0.4 is 5.32 Å². The highest BCUT2D eigenvalue weighted by Gasteiger charge is 2.38. The van der Waals surface area contributed by atoms with E-state index in [1.54, 1.807) is 0 Å². The van der Waals surface area contributed by atoms with E-state index in [1.165, 1.54) is 5.56 Å². The van der Waals surface area contributed by atoms with Crippen LogP contribution >= 0.6 is 0 Å². The smallest absolute Gasteiger partial charge is 0.224 e. The van der Waals surface area contributed by atoms with E-state index in [9.17, 15) is 4.79 Å². The van der Waals surface area contributed by atoms with Gasteiger partial charge in [-0.1, -0.05) is 0 Å². The van der Waals surface area contributed by atoms with Crippen molar-refractivity contribution in [3.05, 3.63) is 30.1 Å². The summed E-state index contributed by atoms with van der Waals surface area (Å²) < 4.78 is 0. The fraction of sp³-hybridized carbons (Fsp3) is 0.579. The van der Waals surface area contributed by atoms with Crippen LogP contribution in [0.15, 0.2) is 34.8 Å². The Morgan fingerprint density at radius 1 is 1.36 bits per heavy atom. The molecule has 3 rings (SSSR count). The number of terminal acetylenes is 1. The largest absolute Gasteiger partial charge is 0.356 e. The fourth-order valence-electron chi connectivity index (χ4n) is 3.36. The molecule has 1 amide bonds. The average Bonchev–Trinajstić information content (AvgIpc) is 3.41. The molecule has 3 heterocycles. The Hall–Kier alpha value is -2.26. The number of piperidine rings is 1. The van der Waals surface area contributed by atoms with Crippen LogP contribution in [-0.2, 0) is 11.3 Å². The van der Waals surface area contributed by atoms with Crippen molar-refractivity contribution in [1.29, 1.82) is 0 Å². The Kier molecular flexibility index (Phi) is 5.77. The number of carbonyl (C=O) groups is 1. The summed E-state index contributed by atoms with van der Waals surface area (Å²) in [7, 11) is 0. The molecule has 0 radical (unpaired) electrons. The van der Waals surface area contributed by atoms with E-state index in [4.69, 9.17) is 6.42 Å². The molecule has 0 aliphatic carbocycles. The Labute approximate surface area is 149 Å². The maximum Gasteiger partial charge on any atom is 0.224 e. The van der Waals surface area contributed by atoms with Crippen LogP contribution in [0.3, 0.4) is 0 Å². The minimum Gasteiger partial charge on any atom is -0.356 e. The first kappa shape index (κ1) is 17.6. The molecule has 1 fully saturated rings. The summed E-state index contributed by atoms with van der Waals surface area (Å²) >= 11 is 0. The molecule has 1 saturated heterocycles. The molecule has 0 bridgehead atoms. The van der Waals surface area contributed by atoms with E-state index in [0.717, 1.165) is 45.3 Å². The van der Waals surface area contributed by atoms with Crippen molar-refractivity contribution in [2.24, 2.45) is 16.1 Å². The number of nitrogens with zero attached hydrogens (tertiary/aromatic N) is 4. The molecule has 6 heteroatoms. The molecule has 132 valence electrons. The molecule has 1 aromatic rings. The van der Waals surface area contributed by atoms with Crippen LogP contribution in [0, 0.1) is 18.3 Å². The van der Waals surface area contributed by atoms with Crippen molar-refractivity contribution in [3.8, 4) is 12.3 Å². The third kappa shape index (κ3) is 5.10. The second-order valence-electron chi connectivity index (χ2n) is 6.86. The minimum absolute atomic E-state index is 0.0605. The van der Waals surface area contributed by atoms with Gasteiger partial charge in [-0.15, -0.1) is 12.3 Å². The zero-order valence-electron chi connectivity index (χ0n) is 14.5. The lowest BCUT2D eigenvalue weighted by atomic mass is 9.96. The first-order valence-electron chi connectivity index (χ1n) is 8.97. The topological polar surface area (TPSA) is 70.0 Å². The van der Waals surface area contributed by atoms with Crippen molar-refractivity contribution in [2.75, 3.05) is 19.6 Å². The van der Waals surface area contributed by atoms with Crippen LogP contribution in [0.25, 0.3) is 0 Å². The summed E-state index contributed by atoms with van der Waals surface area (Å²) in [4.78, 5) is 18.9. The van der Waals surface area contributed by atoms with E-state index < -0.39 is 0 Å². The first-order valence-corrected chi connectivity index (χ1v) is 8.97. The summed E-state index contributed by atoms with van der Waals surface area (Å²) in [5.74, 6) is 2.83. The van der Waals surface area contributed by atoms with Crippen LogP contribution in [0.4, 0.5) is 0 Å². The number of aromatic nitrogens is 1. The number of hydrogen-bond donors (Lipinski definition) is 1. The van der Waals surface area contributed by atoms with Crippen LogP contribution in [0.2, 0.25) is 0 Å². The molecule has 0 aromatic carbocycles. The van der Waals surface area contributed by atoms with Gasteiger partial charge in [-0.2, -0.15) is 10.2 Å². The predicted molar refractivity (Wildman–Crippen MR) is 95.5 cm³/mol. The summed E-state index contributed by atoms with van der Waals surface area (Å²) in [6.07, 6.45) is 13.1. The maximum absolute atomic E-state index is 12.5.